The summed E-state index contributed by atoms with van der Waals surface area (Å²) in [4.78, 5) is 16.6. The molecule has 3 N–H and O–H groups in total. The summed E-state index contributed by atoms with van der Waals surface area (Å²) < 4.78 is 20.9. The lowest BCUT2D eigenvalue weighted by molar-refractivity contribution is -0.156. The first-order valence-corrected chi connectivity index (χ1v) is 10.6. The molecule has 0 bridgehead atoms. The van der Waals surface area contributed by atoms with Crippen molar-refractivity contribution in [2.45, 2.75) is 44.8 Å². The first-order valence-electron chi connectivity index (χ1n) is 10.6. The topological polar surface area (TPSA) is 90.4 Å². The Kier molecular flexibility index (Phi) is 6.10. The van der Waals surface area contributed by atoms with Crippen molar-refractivity contribution in [1.29, 1.82) is 0 Å². The fourth-order valence-corrected chi connectivity index (χ4v) is 3.89. The summed E-state index contributed by atoms with van der Waals surface area (Å²) in [5.74, 6) is 0.120. The Balaban J connectivity index is 1.88. The summed E-state index contributed by atoms with van der Waals surface area (Å²) in [6.07, 6.45) is 2.65. The largest absolute Gasteiger partial charge is 0.458 e. The Labute approximate surface area is 186 Å². The average Bonchev–Trinajstić information content (AvgIpc) is 3.12. The van der Waals surface area contributed by atoms with Gasteiger partial charge in [-0.3, -0.25) is 4.79 Å². The maximum Gasteiger partial charge on any atom is 0.309 e. The second kappa shape index (κ2) is 8.96. The summed E-state index contributed by atoms with van der Waals surface area (Å²) in [5.41, 5.74) is 9.77. The fourth-order valence-electron chi connectivity index (χ4n) is 3.89. The van der Waals surface area contributed by atoms with Gasteiger partial charge in [-0.15, -0.1) is 0 Å². The normalized spacial score (nSPS) is 19.0. The third kappa shape index (κ3) is 4.57. The molecule has 1 aliphatic heterocycles. The first kappa shape index (κ1) is 21.8. The van der Waals surface area contributed by atoms with Crippen LogP contribution >= 0.6 is 0 Å². The van der Waals surface area contributed by atoms with Crippen LogP contribution in [0.4, 0.5) is 10.1 Å². The van der Waals surface area contributed by atoms with Gasteiger partial charge in [-0.05, 0) is 42.5 Å². The van der Waals surface area contributed by atoms with Gasteiger partial charge in [0.25, 0.3) is 0 Å². The number of benzene rings is 2. The number of anilines is 1. The van der Waals surface area contributed by atoms with Gasteiger partial charge in [0, 0.05) is 35.4 Å². The number of carbonyl (C=O) groups excluding carboxylic acids is 1. The van der Waals surface area contributed by atoms with Crippen LogP contribution in [0, 0.1) is 5.82 Å². The van der Waals surface area contributed by atoms with Crippen LogP contribution in [0.2, 0.25) is 0 Å². The zero-order chi connectivity index (χ0) is 22.8. The Morgan fingerprint density at radius 3 is 2.62 bits per heavy atom. The van der Waals surface area contributed by atoms with E-state index in [2.05, 4.69) is 0 Å². The molecule has 3 aromatic rings. The lowest BCUT2D eigenvalue weighted by Crippen LogP contribution is -2.31. The highest BCUT2D eigenvalue weighted by molar-refractivity contribution is 5.82. The van der Waals surface area contributed by atoms with Crippen molar-refractivity contribution in [1.82, 2.24) is 9.55 Å². The second-order valence-electron chi connectivity index (χ2n) is 8.29. The van der Waals surface area contributed by atoms with Crippen molar-refractivity contribution in [3.63, 3.8) is 0 Å². The third-order valence-electron chi connectivity index (χ3n) is 5.37. The van der Waals surface area contributed by atoms with Gasteiger partial charge in [0.1, 0.15) is 17.7 Å². The third-order valence-corrected chi connectivity index (χ3v) is 5.37. The minimum atomic E-state index is -0.724. The van der Waals surface area contributed by atoms with Crippen LogP contribution in [-0.4, -0.2) is 32.8 Å². The molecule has 32 heavy (non-hydrogen) atoms. The highest BCUT2D eigenvalue weighted by atomic mass is 19.1. The number of carbonyl (C=O) groups is 1. The second-order valence-corrected chi connectivity index (χ2v) is 8.29. The standard InChI is InChI=1S/C25H26FN3O3/c1-15(2)25-28-23(17-4-3-5-19(27)12-17)24(16-6-8-18(26)9-7-16)29(25)11-10-21-13-20(30)14-22(31)32-21/h3-12,15,20-21,30H,13-14,27H2,1-2H3/b11-10+. The molecule has 2 aromatic carbocycles. The molecule has 7 heteroatoms. The van der Waals surface area contributed by atoms with Gasteiger partial charge in [0.15, 0.2) is 0 Å². The van der Waals surface area contributed by atoms with E-state index in [4.69, 9.17) is 15.5 Å². The van der Waals surface area contributed by atoms with Crippen LogP contribution in [0.3, 0.4) is 0 Å². The molecular weight excluding hydrogens is 409 g/mol. The number of halogens is 1. The zero-order valence-corrected chi connectivity index (χ0v) is 18.0. The van der Waals surface area contributed by atoms with Gasteiger partial charge >= 0.3 is 5.97 Å². The highest BCUT2D eigenvalue weighted by Crippen LogP contribution is 2.36. The van der Waals surface area contributed by atoms with E-state index in [1.165, 1.54) is 12.1 Å². The Hall–Kier alpha value is -3.45. The van der Waals surface area contributed by atoms with Crippen molar-refractivity contribution >= 4 is 17.9 Å². The SMILES string of the molecule is CC(C)c1nc(-c2cccc(N)c2)c(-c2ccc(F)cc2)n1/C=C/C1CC(O)CC(=O)O1. The zero-order valence-electron chi connectivity index (χ0n) is 18.0. The number of cyclic esters (lactones) is 1. The Morgan fingerprint density at radius 1 is 1.22 bits per heavy atom. The van der Waals surface area contributed by atoms with E-state index in [0.29, 0.717) is 12.1 Å². The molecule has 0 radical (unpaired) electrons. The molecule has 6 nitrogen and oxygen atoms in total. The van der Waals surface area contributed by atoms with Crippen LogP contribution in [0.15, 0.2) is 54.6 Å². The van der Waals surface area contributed by atoms with Crippen LogP contribution in [0.5, 0.6) is 0 Å². The monoisotopic (exact) mass is 435 g/mol. The lowest BCUT2D eigenvalue weighted by Gasteiger charge is -2.23. The van der Waals surface area contributed by atoms with Crippen molar-refractivity contribution in [2.24, 2.45) is 0 Å². The maximum absolute atomic E-state index is 13.7. The van der Waals surface area contributed by atoms with E-state index >= 15 is 0 Å². The Bertz CT molecular complexity index is 1150. The number of rotatable bonds is 5. The molecule has 4 rings (SSSR count). The van der Waals surface area contributed by atoms with Crippen molar-refractivity contribution in [3.8, 4) is 22.5 Å². The predicted molar refractivity (Wildman–Crippen MR) is 122 cm³/mol. The molecule has 166 valence electrons. The lowest BCUT2D eigenvalue weighted by atomic mass is 10.0. The minimum absolute atomic E-state index is 0.00701. The molecular formula is C25H26FN3O3. The summed E-state index contributed by atoms with van der Waals surface area (Å²) in [7, 11) is 0. The number of aliphatic hydroxyl groups excluding tert-OH is 1. The molecule has 2 atom stereocenters. The molecule has 1 aliphatic rings. The van der Waals surface area contributed by atoms with Crippen LogP contribution in [-0.2, 0) is 9.53 Å². The fraction of sp³-hybridized carbons (Fsp3) is 0.280. The molecule has 0 saturated carbocycles. The molecule has 2 heterocycles. The predicted octanol–water partition coefficient (Wildman–Crippen LogP) is 4.60. The molecule has 0 aliphatic carbocycles. The number of nitrogens with zero attached hydrogens (tertiary/aromatic N) is 2. The number of imidazole rings is 1. The number of hydrogen-bond donors (Lipinski definition) is 2. The number of aliphatic hydroxyl groups is 1. The highest BCUT2D eigenvalue weighted by Gasteiger charge is 2.26. The molecule has 0 spiro atoms. The average molecular weight is 435 g/mol. The van der Waals surface area contributed by atoms with Gasteiger partial charge in [-0.2, -0.15) is 0 Å². The van der Waals surface area contributed by atoms with Crippen molar-refractivity contribution < 1.29 is 19.0 Å². The summed E-state index contributed by atoms with van der Waals surface area (Å²) >= 11 is 0. The summed E-state index contributed by atoms with van der Waals surface area (Å²) in [6, 6.07) is 13.7. The first-order chi connectivity index (χ1) is 15.3. The van der Waals surface area contributed by atoms with E-state index in [0.717, 1.165) is 28.3 Å². The Morgan fingerprint density at radius 2 is 1.97 bits per heavy atom. The molecule has 1 fully saturated rings. The van der Waals surface area contributed by atoms with Gasteiger partial charge in [0.05, 0.1) is 23.9 Å². The number of hydrogen-bond acceptors (Lipinski definition) is 5. The quantitative estimate of drug-likeness (QED) is 0.452. The number of aromatic nitrogens is 2. The summed E-state index contributed by atoms with van der Waals surface area (Å²) in [6.45, 7) is 4.07. The van der Waals surface area contributed by atoms with Crippen LogP contribution in [0.25, 0.3) is 28.7 Å². The minimum Gasteiger partial charge on any atom is -0.458 e. The van der Waals surface area contributed by atoms with E-state index in [1.807, 2.05) is 48.9 Å². The van der Waals surface area contributed by atoms with Crippen LogP contribution < -0.4 is 5.73 Å². The maximum atomic E-state index is 13.7. The van der Waals surface area contributed by atoms with Gasteiger partial charge < -0.3 is 20.1 Å². The van der Waals surface area contributed by atoms with E-state index < -0.39 is 18.2 Å². The molecule has 0 amide bonds. The molecule has 2 unspecified atom stereocenters. The molecule has 1 saturated heterocycles. The molecule has 1 aromatic heterocycles. The number of ether oxygens (including phenoxy) is 1. The summed E-state index contributed by atoms with van der Waals surface area (Å²) in [5, 5.41) is 9.93. The number of nitrogen functional groups attached to an aromatic ring is 1. The smallest absolute Gasteiger partial charge is 0.309 e. The van der Waals surface area contributed by atoms with E-state index in [9.17, 15) is 14.3 Å². The van der Waals surface area contributed by atoms with Crippen molar-refractivity contribution in [2.75, 3.05) is 5.73 Å². The number of esters is 1. The van der Waals surface area contributed by atoms with Gasteiger partial charge in [0.2, 0.25) is 0 Å². The van der Waals surface area contributed by atoms with E-state index in [-0.39, 0.29) is 18.2 Å². The van der Waals surface area contributed by atoms with Gasteiger partial charge in [-0.1, -0.05) is 26.0 Å². The van der Waals surface area contributed by atoms with Gasteiger partial charge in [-0.25, -0.2) is 9.37 Å². The van der Waals surface area contributed by atoms with E-state index in [1.54, 1.807) is 18.2 Å². The number of nitrogens with two attached hydrogens (primary N) is 1. The van der Waals surface area contributed by atoms with Crippen LogP contribution in [0.1, 0.15) is 38.4 Å². The van der Waals surface area contributed by atoms with Crippen molar-refractivity contribution in [3.05, 3.63) is 66.2 Å².